The van der Waals surface area contributed by atoms with E-state index in [0.717, 1.165) is 6.20 Å². The number of hydrogen-bond acceptors (Lipinski definition) is 5. The molecule has 0 spiro atoms. The van der Waals surface area contributed by atoms with Crippen molar-refractivity contribution in [2.75, 3.05) is 12.3 Å². The number of halogens is 2. The number of carbonyl (C=O) groups excluding carboxylic acids is 1. The first-order chi connectivity index (χ1) is 8.02. The molecule has 0 saturated heterocycles. The van der Waals surface area contributed by atoms with Crippen LogP contribution in [0.25, 0.3) is 0 Å². The van der Waals surface area contributed by atoms with Crippen LogP contribution in [0.4, 0.5) is 14.5 Å². The zero-order valence-corrected chi connectivity index (χ0v) is 9.24. The van der Waals surface area contributed by atoms with Crippen molar-refractivity contribution in [3.05, 3.63) is 23.0 Å². The van der Waals surface area contributed by atoms with Gasteiger partial charge in [-0.15, -0.1) is 0 Å². The Balaban J connectivity index is 3.38. The van der Waals surface area contributed by atoms with E-state index in [1.54, 1.807) is 6.92 Å². The summed E-state index contributed by atoms with van der Waals surface area (Å²) in [6.07, 6.45) is -1.76. The maximum Gasteiger partial charge on any atom is 0.340 e. The van der Waals surface area contributed by atoms with Crippen LogP contribution in [0.5, 0.6) is 0 Å². The van der Waals surface area contributed by atoms with Gasteiger partial charge in [0.1, 0.15) is 0 Å². The van der Waals surface area contributed by atoms with Gasteiger partial charge >= 0.3 is 5.97 Å². The number of ether oxygens (including phenoxy) is 1. The van der Waals surface area contributed by atoms with Crippen LogP contribution in [-0.4, -0.2) is 17.6 Å². The van der Waals surface area contributed by atoms with E-state index >= 15 is 0 Å². The highest BCUT2D eigenvalue weighted by atomic mass is 19.3. The molecule has 1 heterocycles. The summed E-state index contributed by atoms with van der Waals surface area (Å²) in [4.78, 5) is 15.2. The van der Waals surface area contributed by atoms with Crippen LogP contribution in [0.3, 0.4) is 0 Å². The standard InChI is InChI=1S/C10H13F2N3O2/c1-2-17-10(16)7-5(14)4-15-6(3-13)8(7)9(11)12/h4,9H,2-3,13-14H2,1H3. The van der Waals surface area contributed by atoms with E-state index in [0.29, 0.717) is 0 Å². The lowest BCUT2D eigenvalue weighted by Gasteiger charge is -2.13. The molecule has 0 saturated carbocycles. The lowest BCUT2D eigenvalue weighted by Crippen LogP contribution is -2.16. The van der Waals surface area contributed by atoms with Crippen molar-refractivity contribution in [2.24, 2.45) is 5.73 Å². The highest BCUT2D eigenvalue weighted by Crippen LogP contribution is 2.29. The Morgan fingerprint density at radius 2 is 2.24 bits per heavy atom. The molecule has 0 aliphatic carbocycles. The van der Waals surface area contributed by atoms with E-state index in [2.05, 4.69) is 9.72 Å². The predicted molar refractivity (Wildman–Crippen MR) is 57.5 cm³/mol. The van der Waals surface area contributed by atoms with Crippen LogP contribution >= 0.6 is 0 Å². The molecule has 4 N–H and O–H groups in total. The van der Waals surface area contributed by atoms with Gasteiger partial charge in [-0.1, -0.05) is 0 Å². The number of nitrogens with zero attached hydrogens (tertiary/aromatic N) is 1. The third kappa shape index (κ3) is 2.68. The van der Waals surface area contributed by atoms with E-state index in [-0.39, 0.29) is 30.1 Å². The fraction of sp³-hybridized carbons (Fsp3) is 0.400. The molecule has 0 aliphatic heterocycles. The normalized spacial score (nSPS) is 10.6. The molecule has 0 fully saturated rings. The highest BCUT2D eigenvalue weighted by molar-refractivity contribution is 5.96. The summed E-state index contributed by atoms with van der Waals surface area (Å²) >= 11 is 0. The molecule has 7 heteroatoms. The molecule has 17 heavy (non-hydrogen) atoms. The second-order valence-electron chi connectivity index (χ2n) is 3.17. The fourth-order valence-corrected chi connectivity index (χ4v) is 1.41. The summed E-state index contributed by atoms with van der Waals surface area (Å²) in [6, 6.07) is 0. The highest BCUT2D eigenvalue weighted by Gasteiger charge is 2.26. The van der Waals surface area contributed by atoms with E-state index in [1.807, 2.05) is 0 Å². The number of hydrogen-bond donors (Lipinski definition) is 2. The molecule has 0 bridgehead atoms. The Morgan fingerprint density at radius 3 is 2.71 bits per heavy atom. The van der Waals surface area contributed by atoms with Gasteiger partial charge in [-0.3, -0.25) is 4.98 Å². The molecule has 0 aliphatic rings. The van der Waals surface area contributed by atoms with Crippen molar-refractivity contribution in [3.63, 3.8) is 0 Å². The van der Waals surface area contributed by atoms with Gasteiger partial charge in [-0.25, -0.2) is 13.6 Å². The smallest absolute Gasteiger partial charge is 0.340 e. The summed E-state index contributed by atoms with van der Waals surface area (Å²) in [5, 5.41) is 0. The molecule has 5 nitrogen and oxygen atoms in total. The molecule has 94 valence electrons. The van der Waals surface area contributed by atoms with Crippen molar-refractivity contribution in [1.82, 2.24) is 4.98 Å². The quantitative estimate of drug-likeness (QED) is 0.778. The first kappa shape index (κ1) is 13.3. The number of esters is 1. The van der Waals surface area contributed by atoms with Gasteiger partial charge in [-0.2, -0.15) is 0 Å². The minimum absolute atomic E-state index is 0.0581. The van der Waals surface area contributed by atoms with Crippen LogP contribution in [0.1, 0.15) is 35.0 Å². The van der Waals surface area contributed by atoms with Crippen LogP contribution < -0.4 is 11.5 Å². The first-order valence-electron chi connectivity index (χ1n) is 4.95. The van der Waals surface area contributed by atoms with Crippen molar-refractivity contribution in [1.29, 1.82) is 0 Å². The van der Waals surface area contributed by atoms with E-state index < -0.39 is 18.0 Å². The lowest BCUT2D eigenvalue weighted by molar-refractivity contribution is 0.0516. The number of pyridine rings is 1. The van der Waals surface area contributed by atoms with E-state index in [4.69, 9.17) is 11.5 Å². The lowest BCUT2D eigenvalue weighted by atomic mass is 10.0. The number of aromatic nitrogens is 1. The Hall–Kier alpha value is -1.76. The molecular formula is C10H13F2N3O2. The molecule has 1 aromatic heterocycles. The maximum absolute atomic E-state index is 12.9. The zero-order chi connectivity index (χ0) is 13.0. The second-order valence-corrected chi connectivity index (χ2v) is 3.17. The number of rotatable bonds is 4. The number of nitrogens with two attached hydrogens (primary N) is 2. The predicted octanol–water partition coefficient (Wildman–Crippen LogP) is 1.24. The zero-order valence-electron chi connectivity index (χ0n) is 9.24. The second kappa shape index (κ2) is 5.53. The first-order valence-corrected chi connectivity index (χ1v) is 4.95. The molecule has 0 radical (unpaired) electrons. The summed E-state index contributed by atoms with van der Waals surface area (Å²) < 4.78 is 30.5. The Labute approximate surface area is 96.8 Å². The van der Waals surface area contributed by atoms with Crippen LogP contribution in [0.2, 0.25) is 0 Å². The molecule has 0 amide bonds. The Kier molecular flexibility index (Phi) is 4.33. The minimum Gasteiger partial charge on any atom is -0.462 e. The summed E-state index contributed by atoms with van der Waals surface area (Å²) in [5.41, 5.74) is 9.67. The Bertz CT molecular complexity index is 424. The summed E-state index contributed by atoms with van der Waals surface area (Å²) in [5.74, 6) is -0.891. The topological polar surface area (TPSA) is 91.2 Å². The maximum atomic E-state index is 12.9. The van der Waals surface area contributed by atoms with Gasteiger partial charge in [0.05, 0.1) is 35.3 Å². The third-order valence-corrected chi connectivity index (χ3v) is 2.12. The molecular weight excluding hydrogens is 232 g/mol. The number of carbonyl (C=O) groups is 1. The number of nitrogen functional groups attached to an aromatic ring is 1. The van der Waals surface area contributed by atoms with Crippen LogP contribution in [-0.2, 0) is 11.3 Å². The summed E-state index contributed by atoms with van der Waals surface area (Å²) in [6.45, 7) is 1.44. The van der Waals surface area contributed by atoms with Gasteiger partial charge in [0.2, 0.25) is 0 Å². The minimum atomic E-state index is -2.89. The van der Waals surface area contributed by atoms with Gasteiger partial charge in [0.25, 0.3) is 6.43 Å². The SMILES string of the molecule is CCOC(=O)c1c(N)cnc(CN)c1C(F)F. The van der Waals surface area contributed by atoms with Crippen LogP contribution in [0, 0.1) is 0 Å². The molecule has 0 atom stereocenters. The largest absolute Gasteiger partial charge is 0.462 e. The number of anilines is 1. The van der Waals surface area contributed by atoms with Crippen molar-refractivity contribution in [3.8, 4) is 0 Å². The average Bonchev–Trinajstić information content (AvgIpc) is 2.28. The average molecular weight is 245 g/mol. The van der Waals surface area contributed by atoms with Crippen molar-refractivity contribution < 1.29 is 18.3 Å². The Morgan fingerprint density at radius 1 is 1.59 bits per heavy atom. The molecule has 1 aromatic rings. The molecule has 0 aromatic carbocycles. The van der Waals surface area contributed by atoms with E-state index in [9.17, 15) is 13.6 Å². The van der Waals surface area contributed by atoms with Gasteiger partial charge in [0, 0.05) is 6.54 Å². The third-order valence-electron chi connectivity index (χ3n) is 2.12. The van der Waals surface area contributed by atoms with Crippen molar-refractivity contribution in [2.45, 2.75) is 19.9 Å². The fourth-order valence-electron chi connectivity index (χ4n) is 1.41. The van der Waals surface area contributed by atoms with Gasteiger partial charge < -0.3 is 16.2 Å². The number of alkyl halides is 2. The van der Waals surface area contributed by atoms with E-state index in [1.165, 1.54) is 0 Å². The van der Waals surface area contributed by atoms with Gasteiger partial charge in [-0.05, 0) is 6.92 Å². The van der Waals surface area contributed by atoms with Crippen molar-refractivity contribution >= 4 is 11.7 Å². The summed E-state index contributed by atoms with van der Waals surface area (Å²) in [7, 11) is 0. The monoisotopic (exact) mass is 245 g/mol. The van der Waals surface area contributed by atoms with Crippen LogP contribution in [0.15, 0.2) is 6.20 Å². The molecule has 1 rings (SSSR count). The van der Waals surface area contributed by atoms with Gasteiger partial charge in [0.15, 0.2) is 0 Å². The molecule has 0 unspecified atom stereocenters.